The molecule has 3 aromatic rings. The molecule has 1 aromatic heterocycles. The molecule has 0 bridgehead atoms. The van der Waals surface area contributed by atoms with Gasteiger partial charge in [0.2, 0.25) is 0 Å². The number of piperidine rings is 1. The van der Waals surface area contributed by atoms with Crippen LogP contribution in [0, 0.1) is 17.2 Å². The molecule has 0 amide bonds. The molecule has 0 aliphatic carbocycles. The number of aromatic nitrogens is 1. The van der Waals surface area contributed by atoms with Gasteiger partial charge in [-0.1, -0.05) is 20.8 Å². The third-order valence-electron chi connectivity index (χ3n) is 6.47. The Hall–Kier alpha value is -2.78. The molecule has 2 N–H and O–H groups in total. The van der Waals surface area contributed by atoms with E-state index in [1.807, 2.05) is 5.38 Å². The molecule has 1 aliphatic rings. The second kappa shape index (κ2) is 10.5. The van der Waals surface area contributed by atoms with E-state index in [0.29, 0.717) is 11.1 Å². The number of carbonyl (C=O) groups is 1. The number of carboxylic acids is 1. The minimum Gasteiger partial charge on any atom is -0.495 e. The SMILES string of the molecule is COc1cc(C(=O)O)c(F)cc1NSc1csc(-c2ccc(N3CCC(C(C)(C)C)CC3)cc2)n1. The van der Waals surface area contributed by atoms with Gasteiger partial charge in [-0.05, 0) is 54.5 Å². The minimum absolute atomic E-state index is 0.244. The second-order valence-electron chi connectivity index (χ2n) is 9.71. The van der Waals surface area contributed by atoms with Crippen molar-refractivity contribution < 1.29 is 19.0 Å². The first-order valence-electron chi connectivity index (χ1n) is 11.5. The first-order chi connectivity index (χ1) is 16.7. The lowest BCUT2D eigenvalue weighted by Crippen LogP contribution is -2.37. The zero-order valence-corrected chi connectivity index (χ0v) is 21.9. The summed E-state index contributed by atoms with van der Waals surface area (Å²) in [5, 5.41) is 12.6. The number of thiazole rings is 1. The molecule has 0 unspecified atom stereocenters. The van der Waals surface area contributed by atoms with Crippen LogP contribution >= 0.6 is 23.3 Å². The predicted molar refractivity (Wildman–Crippen MR) is 141 cm³/mol. The summed E-state index contributed by atoms with van der Waals surface area (Å²) in [7, 11) is 1.41. The van der Waals surface area contributed by atoms with Crippen LogP contribution in [0.2, 0.25) is 0 Å². The van der Waals surface area contributed by atoms with Gasteiger partial charge in [0.15, 0.2) is 0 Å². The third-order valence-corrected chi connectivity index (χ3v) is 8.25. The summed E-state index contributed by atoms with van der Waals surface area (Å²) >= 11 is 2.75. The fraction of sp³-hybridized carbons (Fsp3) is 0.385. The Morgan fingerprint density at radius 3 is 2.51 bits per heavy atom. The van der Waals surface area contributed by atoms with E-state index in [1.54, 1.807) is 0 Å². The molecule has 6 nitrogen and oxygen atoms in total. The Balaban J connectivity index is 1.39. The Morgan fingerprint density at radius 1 is 1.23 bits per heavy atom. The van der Waals surface area contributed by atoms with Gasteiger partial charge in [0, 0.05) is 47.7 Å². The van der Waals surface area contributed by atoms with E-state index in [4.69, 9.17) is 9.84 Å². The summed E-state index contributed by atoms with van der Waals surface area (Å²) in [5.74, 6) is -1.16. The van der Waals surface area contributed by atoms with Crippen molar-refractivity contribution in [2.75, 3.05) is 29.8 Å². The smallest absolute Gasteiger partial charge is 0.338 e. The van der Waals surface area contributed by atoms with Crippen LogP contribution in [-0.4, -0.2) is 36.3 Å². The fourth-order valence-corrected chi connectivity index (χ4v) is 5.92. The van der Waals surface area contributed by atoms with E-state index >= 15 is 0 Å². The highest BCUT2D eigenvalue weighted by Gasteiger charge is 2.28. The van der Waals surface area contributed by atoms with E-state index in [2.05, 4.69) is 59.6 Å². The molecule has 2 heterocycles. The van der Waals surface area contributed by atoms with Crippen molar-refractivity contribution >= 4 is 40.6 Å². The topological polar surface area (TPSA) is 74.7 Å². The molecular formula is C26H30FN3O3S2. The lowest BCUT2D eigenvalue weighted by Gasteiger charge is -2.39. The second-order valence-corrected chi connectivity index (χ2v) is 11.4. The van der Waals surface area contributed by atoms with Crippen molar-refractivity contribution in [2.45, 2.75) is 38.6 Å². The van der Waals surface area contributed by atoms with Gasteiger partial charge >= 0.3 is 5.97 Å². The maximum Gasteiger partial charge on any atom is 0.338 e. The van der Waals surface area contributed by atoms with Crippen molar-refractivity contribution in [1.82, 2.24) is 4.98 Å². The van der Waals surface area contributed by atoms with Crippen LogP contribution in [-0.2, 0) is 0 Å². The number of methoxy groups -OCH3 is 1. The van der Waals surface area contributed by atoms with Crippen molar-refractivity contribution in [1.29, 1.82) is 0 Å². The Labute approximate surface area is 213 Å². The number of halogens is 1. The number of hydrogen-bond donors (Lipinski definition) is 2. The third kappa shape index (κ3) is 5.90. The number of aromatic carboxylic acids is 1. The standard InChI is InChI=1S/C26H30FN3O3S2/c1-26(2,3)17-9-11-30(12-10-17)18-7-5-16(6-8-18)24-28-23(15-34-24)35-29-21-14-20(27)19(25(31)32)13-22(21)33-4/h5-8,13-15,17,29H,9-12H2,1-4H3,(H,31,32). The molecule has 35 heavy (non-hydrogen) atoms. The molecule has 9 heteroatoms. The summed E-state index contributed by atoms with van der Waals surface area (Å²) in [4.78, 5) is 18.3. The number of ether oxygens (including phenoxy) is 1. The summed E-state index contributed by atoms with van der Waals surface area (Å²) in [5.41, 5.74) is 2.56. The highest BCUT2D eigenvalue weighted by molar-refractivity contribution is 8.00. The molecule has 1 saturated heterocycles. The Morgan fingerprint density at radius 2 is 1.91 bits per heavy atom. The highest BCUT2D eigenvalue weighted by atomic mass is 32.2. The molecule has 2 aromatic carbocycles. The predicted octanol–water partition coefficient (Wildman–Crippen LogP) is 7.04. The van der Waals surface area contributed by atoms with Gasteiger partial charge in [-0.2, -0.15) is 0 Å². The lowest BCUT2D eigenvalue weighted by atomic mass is 9.75. The number of nitrogens with one attached hydrogen (secondary N) is 1. The van der Waals surface area contributed by atoms with Crippen LogP contribution in [0.25, 0.3) is 10.6 Å². The van der Waals surface area contributed by atoms with E-state index in [9.17, 15) is 9.18 Å². The van der Waals surface area contributed by atoms with Gasteiger partial charge in [0.25, 0.3) is 0 Å². The molecule has 0 radical (unpaired) electrons. The lowest BCUT2D eigenvalue weighted by molar-refractivity contribution is 0.0691. The number of benzene rings is 2. The molecule has 4 rings (SSSR count). The molecule has 1 aliphatic heterocycles. The Kier molecular flexibility index (Phi) is 7.56. The zero-order chi connectivity index (χ0) is 25.2. The summed E-state index contributed by atoms with van der Waals surface area (Å²) in [6.07, 6.45) is 2.44. The minimum atomic E-state index is -1.34. The summed E-state index contributed by atoms with van der Waals surface area (Å²) in [6, 6.07) is 10.8. The number of rotatable bonds is 7. The molecule has 0 saturated carbocycles. The van der Waals surface area contributed by atoms with Gasteiger partial charge in [0.1, 0.15) is 21.6 Å². The zero-order valence-electron chi connectivity index (χ0n) is 20.3. The van der Waals surface area contributed by atoms with Crippen LogP contribution in [0.5, 0.6) is 5.75 Å². The van der Waals surface area contributed by atoms with Gasteiger partial charge in [-0.15, -0.1) is 11.3 Å². The highest BCUT2D eigenvalue weighted by Crippen LogP contribution is 2.37. The van der Waals surface area contributed by atoms with Crippen LogP contribution in [0.1, 0.15) is 44.0 Å². The van der Waals surface area contributed by atoms with Gasteiger partial charge in [-0.3, -0.25) is 0 Å². The fourth-order valence-electron chi connectivity index (χ4n) is 4.33. The average molecular weight is 516 g/mol. The monoisotopic (exact) mass is 515 g/mol. The van der Waals surface area contributed by atoms with Crippen molar-refractivity contribution in [3.05, 3.63) is 53.2 Å². The van der Waals surface area contributed by atoms with Crippen molar-refractivity contribution in [3.8, 4) is 16.3 Å². The number of carboxylic acid groups (broad SMARTS) is 1. The molecular weight excluding hydrogens is 485 g/mol. The molecule has 0 spiro atoms. The van der Waals surface area contributed by atoms with Crippen molar-refractivity contribution in [3.63, 3.8) is 0 Å². The first kappa shape index (κ1) is 25.3. The van der Waals surface area contributed by atoms with Gasteiger partial charge < -0.3 is 19.5 Å². The van der Waals surface area contributed by atoms with Gasteiger partial charge in [-0.25, -0.2) is 14.2 Å². The molecule has 0 atom stereocenters. The average Bonchev–Trinajstić information content (AvgIpc) is 3.31. The van der Waals surface area contributed by atoms with Crippen molar-refractivity contribution in [2.24, 2.45) is 11.3 Å². The van der Waals surface area contributed by atoms with Crippen LogP contribution < -0.4 is 14.4 Å². The van der Waals surface area contributed by atoms with E-state index in [0.717, 1.165) is 40.7 Å². The number of hydrogen-bond acceptors (Lipinski definition) is 7. The maximum absolute atomic E-state index is 14.1. The molecule has 1 fully saturated rings. The largest absolute Gasteiger partial charge is 0.495 e. The van der Waals surface area contributed by atoms with E-state index in [-0.39, 0.29) is 5.75 Å². The summed E-state index contributed by atoms with van der Waals surface area (Å²) in [6.45, 7) is 9.18. The van der Waals surface area contributed by atoms with Crippen LogP contribution in [0.3, 0.4) is 0 Å². The Bertz CT molecular complexity index is 1180. The maximum atomic E-state index is 14.1. The first-order valence-corrected chi connectivity index (χ1v) is 13.2. The van der Waals surface area contributed by atoms with Gasteiger partial charge in [0.05, 0.1) is 18.4 Å². The van der Waals surface area contributed by atoms with E-state index < -0.39 is 17.3 Å². The van der Waals surface area contributed by atoms with E-state index in [1.165, 1.54) is 55.0 Å². The van der Waals surface area contributed by atoms with Crippen LogP contribution in [0.4, 0.5) is 15.8 Å². The summed E-state index contributed by atoms with van der Waals surface area (Å²) < 4.78 is 22.3. The normalized spacial score (nSPS) is 14.7. The number of nitrogens with zero attached hydrogens (tertiary/aromatic N) is 2. The number of anilines is 2. The van der Waals surface area contributed by atoms with Crippen LogP contribution in [0.15, 0.2) is 46.8 Å². The molecule has 186 valence electrons. The quantitative estimate of drug-likeness (QED) is 0.327.